The smallest absolute Gasteiger partial charge is 0.311 e. The van der Waals surface area contributed by atoms with Crippen LogP contribution in [0, 0.1) is 5.92 Å². The van der Waals surface area contributed by atoms with E-state index in [1.807, 2.05) is 12.3 Å². The van der Waals surface area contributed by atoms with E-state index in [-0.39, 0.29) is 12.4 Å². The van der Waals surface area contributed by atoms with E-state index in [1.165, 1.54) is 12.8 Å². The fourth-order valence-corrected chi connectivity index (χ4v) is 2.74. The lowest BCUT2D eigenvalue weighted by Gasteiger charge is -2.19. The molecule has 1 fully saturated rings. The summed E-state index contributed by atoms with van der Waals surface area (Å²) in [6.45, 7) is 6.47. The van der Waals surface area contributed by atoms with Gasteiger partial charge < -0.3 is 9.64 Å². The first-order valence-electron chi connectivity index (χ1n) is 6.57. The van der Waals surface area contributed by atoms with Gasteiger partial charge in [-0.1, -0.05) is 0 Å². The number of rotatable bonds is 7. The predicted molar refractivity (Wildman–Crippen MR) is 73.1 cm³/mol. The molecule has 0 bridgehead atoms. The Morgan fingerprint density at radius 1 is 1.56 bits per heavy atom. The van der Waals surface area contributed by atoms with Crippen LogP contribution in [0.1, 0.15) is 32.4 Å². The molecule has 1 aliphatic rings. The summed E-state index contributed by atoms with van der Waals surface area (Å²) in [4.78, 5) is 18.2. The van der Waals surface area contributed by atoms with E-state index >= 15 is 0 Å². The molecule has 0 aliphatic heterocycles. The monoisotopic (exact) mass is 268 g/mol. The molecule has 1 aromatic heterocycles. The molecule has 1 aromatic rings. The normalized spacial score (nSPS) is 14.6. The molecule has 0 amide bonds. The molecule has 0 spiro atoms. The van der Waals surface area contributed by atoms with Gasteiger partial charge in [0.15, 0.2) is 5.13 Å². The van der Waals surface area contributed by atoms with E-state index in [0.717, 1.165) is 29.8 Å². The van der Waals surface area contributed by atoms with Gasteiger partial charge >= 0.3 is 5.97 Å². The topological polar surface area (TPSA) is 42.4 Å². The molecule has 0 atom stereocenters. The molecule has 18 heavy (non-hydrogen) atoms. The molecule has 0 aromatic carbocycles. The van der Waals surface area contributed by atoms with Crippen molar-refractivity contribution >= 4 is 22.4 Å². The van der Waals surface area contributed by atoms with Crippen molar-refractivity contribution in [2.75, 3.05) is 24.6 Å². The Labute approximate surface area is 112 Å². The molecule has 100 valence electrons. The standard InChI is InChI=1S/C13H20N2O2S/c1-3-15(8-10-5-6-10)13-14-11(9-18-13)7-12(16)17-4-2/h9-10H,3-8H2,1-2H3. The van der Waals surface area contributed by atoms with Crippen molar-refractivity contribution in [3.63, 3.8) is 0 Å². The molecule has 0 radical (unpaired) electrons. The molecule has 0 saturated heterocycles. The third-order valence-corrected chi connectivity index (χ3v) is 3.95. The Morgan fingerprint density at radius 2 is 2.33 bits per heavy atom. The van der Waals surface area contributed by atoms with Crippen LogP contribution in [0.5, 0.6) is 0 Å². The van der Waals surface area contributed by atoms with Gasteiger partial charge in [-0.25, -0.2) is 4.98 Å². The number of esters is 1. The number of hydrogen-bond acceptors (Lipinski definition) is 5. The summed E-state index contributed by atoms with van der Waals surface area (Å²) in [5.41, 5.74) is 0.822. The number of thiazole rings is 1. The number of ether oxygens (including phenoxy) is 1. The molecule has 0 unspecified atom stereocenters. The van der Waals surface area contributed by atoms with Gasteiger partial charge in [0, 0.05) is 18.5 Å². The zero-order chi connectivity index (χ0) is 13.0. The lowest BCUT2D eigenvalue weighted by molar-refractivity contribution is -0.142. The summed E-state index contributed by atoms with van der Waals surface area (Å²) >= 11 is 1.62. The second-order valence-corrected chi connectivity index (χ2v) is 5.42. The van der Waals surface area contributed by atoms with Crippen LogP contribution < -0.4 is 4.90 Å². The Kier molecular flexibility index (Phi) is 4.58. The van der Waals surface area contributed by atoms with Crippen LogP contribution in [0.15, 0.2) is 5.38 Å². The van der Waals surface area contributed by atoms with E-state index in [4.69, 9.17) is 4.74 Å². The molecule has 0 N–H and O–H groups in total. The van der Waals surface area contributed by atoms with Crippen LogP contribution in [0.3, 0.4) is 0 Å². The number of nitrogens with zero attached hydrogens (tertiary/aromatic N) is 2. The maximum atomic E-state index is 11.4. The van der Waals surface area contributed by atoms with Crippen LogP contribution in [0.4, 0.5) is 5.13 Å². The lowest BCUT2D eigenvalue weighted by atomic mass is 10.3. The van der Waals surface area contributed by atoms with Crippen molar-refractivity contribution in [1.82, 2.24) is 4.98 Å². The summed E-state index contributed by atoms with van der Waals surface area (Å²) in [5.74, 6) is 0.655. The van der Waals surface area contributed by atoms with E-state index in [2.05, 4.69) is 16.8 Å². The number of aromatic nitrogens is 1. The second-order valence-electron chi connectivity index (χ2n) is 4.59. The SMILES string of the molecule is CCOC(=O)Cc1csc(N(CC)CC2CC2)n1. The highest BCUT2D eigenvalue weighted by atomic mass is 32.1. The fraction of sp³-hybridized carbons (Fsp3) is 0.692. The van der Waals surface area contributed by atoms with Crippen LogP contribution in [0.25, 0.3) is 0 Å². The minimum absolute atomic E-state index is 0.195. The number of anilines is 1. The molecule has 4 nitrogen and oxygen atoms in total. The highest BCUT2D eigenvalue weighted by Crippen LogP contribution is 2.32. The highest BCUT2D eigenvalue weighted by molar-refractivity contribution is 7.13. The van der Waals surface area contributed by atoms with Gasteiger partial charge in [0.25, 0.3) is 0 Å². The van der Waals surface area contributed by atoms with E-state index < -0.39 is 0 Å². The maximum absolute atomic E-state index is 11.4. The average Bonchev–Trinajstić information content (AvgIpc) is 3.05. The summed E-state index contributed by atoms with van der Waals surface area (Å²) in [6.07, 6.45) is 2.97. The van der Waals surface area contributed by atoms with Crippen LogP contribution in [0.2, 0.25) is 0 Å². The third-order valence-electron chi connectivity index (χ3n) is 3.00. The second kappa shape index (κ2) is 6.18. The largest absolute Gasteiger partial charge is 0.466 e. The van der Waals surface area contributed by atoms with Gasteiger partial charge in [-0.15, -0.1) is 11.3 Å². The quantitative estimate of drug-likeness (QED) is 0.713. The van der Waals surface area contributed by atoms with E-state index in [9.17, 15) is 4.79 Å². The Morgan fingerprint density at radius 3 is 2.94 bits per heavy atom. The Balaban J connectivity index is 1.92. The van der Waals surface area contributed by atoms with Crippen molar-refractivity contribution in [2.45, 2.75) is 33.1 Å². The first-order chi connectivity index (χ1) is 8.72. The summed E-state index contributed by atoms with van der Waals surface area (Å²) < 4.78 is 4.93. The van der Waals surface area contributed by atoms with Gasteiger partial charge in [0.1, 0.15) is 0 Å². The summed E-state index contributed by atoms with van der Waals surface area (Å²) in [5, 5.41) is 2.99. The molecular weight excluding hydrogens is 248 g/mol. The minimum Gasteiger partial charge on any atom is -0.466 e. The Bertz CT molecular complexity index is 401. The van der Waals surface area contributed by atoms with Crippen molar-refractivity contribution in [2.24, 2.45) is 5.92 Å². The molecule has 5 heteroatoms. The number of carbonyl (C=O) groups excluding carboxylic acids is 1. The van der Waals surface area contributed by atoms with Crippen LogP contribution in [-0.2, 0) is 16.0 Å². The van der Waals surface area contributed by atoms with Crippen molar-refractivity contribution < 1.29 is 9.53 Å². The molecule has 2 rings (SSSR count). The van der Waals surface area contributed by atoms with Crippen molar-refractivity contribution in [3.05, 3.63) is 11.1 Å². The van der Waals surface area contributed by atoms with Gasteiger partial charge in [-0.05, 0) is 32.6 Å². The average molecular weight is 268 g/mol. The summed E-state index contributed by atoms with van der Waals surface area (Å²) in [7, 11) is 0. The molecule has 1 heterocycles. The predicted octanol–water partition coefficient (Wildman–Crippen LogP) is 2.49. The zero-order valence-electron chi connectivity index (χ0n) is 11.0. The van der Waals surface area contributed by atoms with Gasteiger partial charge in [0.2, 0.25) is 0 Å². The van der Waals surface area contributed by atoms with Crippen LogP contribution >= 0.6 is 11.3 Å². The first-order valence-corrected chi connectivity index (χ1v) is 7.45. The van der Waals surface area contributed by atoms with Crippen molar-refractivity contribution in [3.8, 4) is 0 Å². The summed E-state index contributed by atoms with van der Waals surface area (Å²) in [6, 6.07) is 0. The Hall–Kier alpha value is -1.10. The van der Waals surface area contributed by atoms with E-state index in [1.54, 1.807) is 11.3 Å². The molecule has 1 saturated carbocycles. The minimum atomic E-state index is -0.195. The number of hydrogen-bond donors (Lipinski definition) is 0. The van der Waals surface area contributed by atoms with Crippen molar-refractivity contribution in [1.29, 1.82) is 0 Å². The van der Waals surface area contributed by atoms with E-state index in [0.29, 0.717) is 6.61 Å². The van der Waals surface area contributed by atoms with Gasteiger partial charge in [0.05, 0.1) is 18.7 Å². The molecule has 1 aliphatic carbocycles. The zero-order valence-corrected chi connectivity index (χ0v) is 11.8. The van der Waals surface area contributed by atoms with Crippen LogP contribution in [-0.4, -0.2) is 30.6 Å². The molecular formula is C13H20N2O2S. The maximum Gasteiger partial charge on any atom is 0.311 e. The number of carbonyl (C=O) groups is 1. The fourth-order valence-electron chi connectivity index (χ4n) is 1.84. The first kappa shape index (κ1) is 13.3. The highest BCUT2D eigenvalue weighted by Gasteiger charge is 2.25. The van der Waals surface area contributed by atoms with Gasteiger partial charge in [-0.2, -0.15) is 0 Å². The van der Waals surface area contributed by atoms with Gasteiger partial charge in [-0.3, -0.25) is 4.79 Å². The lowest BCUT2D eigenvalue weighted by Crippen LogP contribution is -2.25. The third kappa shape index (κ3) is 3.70.